The highest BCUT2D eigenvalue weighted by molar-refractivity contribution is 5.84. The summed E-state index contributed by atoms with van der Waals surface area (Å²) < 4.78 is 100. The van der Waals surface area contributed by atoms with E-state index in [9.17, 15) is 39.9 Å². The quantitative estimate of drug-likeness (QED) is 0.713. The van der Waals surface area contributed by atoms with E-state index in [2.05, 4.69) is 0 Å². The Morgan fingerprint density at radius 2 is 1.11 bits per heavy atom. The number of rotatable bonds is 2. The summed E-state index contributed by atoms with van der Waals surface area (Å²) in [6, 6.07) is 0. The molecule has 1 rings (SSSR count). The second kappa shape index (κ2) is 5.00. The monoisotopic (exact) mass is 284 g/mol. The number of hydrogen-bond donors (Lipinski definition) is 0. The second-order valence-electron chi connectivity index (χ2n) is 4.01. The molecule has 0 aromatic heterocycles. The number of ketones is 1. The van der Waals surface area contributed by atoms with Gasteiger partial charge in [-0.05, 0) is 0 Å². The van der Waals surface area contributed by atoms with Crippen molar-refractivity contribution in [3.8, 4) is 0 Å². The SMILES string of the molecule is O=C(CC1C(F)C(F)C(F)C(F)C1F)C(F)(F)F. The molecule has 1 nitrogen and oxygen atoms in total. The maximum Gasteiger partial charge on any atom is 0.449 e. The molecule has 0 aliphatic heterocycles. The van der Waals surface area contributed by atoms with Gasteiger partial charge in [-0.3, -0.25) is 4.79 Å². The molecule has 1 aliphatic rings. The number of hydrogen-bond acceptors (Lipinski definition) is 1. The van der Waals surface area contributed by atoms with Gasteiger partial charge in [-0.15, -0.1) is 0 Å². The van der Waals surface area contributed by atoms with Crippen LogP contribution in [0.5, 0.6) is 0 Å². The second-order valence-corrected chi connectivity index (χ2v) is 4.01. The summed E-state index contributed by atoms with van der Waals surface area (Å²) in [5.74, 6) is -4.98. The lowest BCUT2D eigenvalue weighted by molar-refractivity contribution is -0.175. The van der Waals surface area contributed by atoms with Crippen molar-refractivity contribution >= 4 is 5.78 Å². The molecule has 0 amide bonds. The molecule has 106 valence electrons. The predicted molar refractivity (Wildman–Crippen MR) is 43.6 cm³/mol. The molecule has 0 spiro atoms. The van der Waals surface area contributed by atoms with E-state index in [1.807, 2.05) is 0 Å². The maximum absolute atomic E-state index is 13.1. The van der Waals surface area contributed by atoms with Crippen LogP contribution in [0.1, 0.15) is 6.42 Å². The molecule has 0 bridgehead atoms. The molecule has 4 atom stereocenters. The maximum atomic E-state index is 13.1. The Hall–Kier alpha value is -0.890. The van der Waals surface area contributed by atoms with Crippen LogP contribution in [0.3, 0.4) is 0 Å². The Morgan fingerprint density at radius 3 is 1.44 bits per heavy atom. The topological polar surface area (TPSA) is 17.1 Å². The first-order valence-electron chi connectivity index (χ1n) is 4.87. The smallest absolute Gasteiger partial charge is 0.290 e. The molecule has 1 saturated carbocycles. The van der Waals surface area contributed by atoms with Crippen molar-refractivity contribution in [1.82, 2.24) is 0 Å². The fraction of sp³-hybridized carbons (Fsp3) is 0.889. The first-order chi connectivity index (χ1) is 8.07. The lowest BCUT2D eigenvalue weighted by atomic mass is 9.79. The summed E-state index contributed by atoms with van der Waals surface area (Å²) in [4.78, 5) is 10.5. The number of alkyl halides is 8. The largest absolute Gasteiger partial charge is 0.449 e. The van der Waals surface area contributed by atoms with Gasteiger partial charge in [-0.25, -0.2) is 22.0 Å². The Labute approximate surface area is 96.1 Å². The molecular weight excluding hydrogens is 276 g/mol. The van der Waals surface area contributed by atoms with Crippen LogP contribution in [0.15, 0.2) is 0 Å². The molecule has 4 unspecified atom stereocenters. The van der Waals surface area contributed by atoms with E-state index in [4.69, 9.17) is 0 Å². The van der Waals surface area contributed by atoms with Crippen LogP contribution >= 0.6 is 0 Å². The van der Waals surface area contributed by atoms with Crippen LogP contribution in [0.25, 0.3) is 0 Å². The van der Waals surface area contributed by atoms with E-state index < -0.39 is 55.2 Å². The molecule has 0 radical (unpaired) electrons. The Balaban J connectivity index is 2.84. The van der Waals surface area contributed by atoms with Gasteiger partial charge in [0, 0.05) is 12.3 Å². The van der Waals surface area contributed by atoms with Crippen LogP contribution < -0.4 is 0 Å². The fourth-order valence-corrected chi connectivity index (χ4v) is 1.73. The predicted octanol–water partition coefficient (Wildman–Crippen LogP) is 2.83. The molecule has 0 N–H and O–H groups in total. The van der Waals surface area contributed by atoms with Crippen molar-refractivity contribution in [1.29, 1.82) is 0 Å². The van der Waals surface area contributed by atoms with Crippen molar-refractivity contribution in [2.45, 2.75) is 43.5 Å². The number of carbonyl (C=O) groups is 1. The van der Waals surface area contributed by atoms with Crippen molar-refractivity contribution in [2.75, 3.05) is 0 Å². The van der Waals surface area contributed by atoms with Crippen LogP contribution in [0, 0.1) is 5.92 Å². The number of Topliss-reactive ketones (excluding diaryl/α,β-unsaturated/α-hetero) is 1. The van der Waals surface area contributed by atoms with Crippen molar-refractivity contribution in [3.63, 3.8) is 0 Å². The Morgan fingerprint density at radius 1 is 0.778 bits per heavy atom. The van der Waals surface area contributed by atoms with Gasteiger partial charge in [0.1, 0.15) is 12.3 Å². The van der Waals surface area contributed by atoms with E-state index in [0.717, 1.165) is 0 Å². The summed E-state index contributed by atoms with van der Waals surface area (Å²) in [5.41, 5.74) is 0. The molecule has 9 heteroatoms. The van der Waals surface area contributed by atoms with Crippen LogP contribution in [0.4, 0.5) is 35.1 Å². The van der Waals surface area contributed by atoms with Crippen molar-refractivity contribution in [3.05, 3.63) is 0 Å². The minimum Gasteiger partial charge on any atom is -0.290 e. The summed E-state index contributed by atoms with van der Waals surface area (Å²) >= 11 is 0. The molecule has 0 heterocycles. The fourth-order valence-electron chi connectivity index (χ4n) is 1.73. The average molecular weight is 284 g/mol. The highest BCUT2D eigenvalue weighted by Gasteiger charge is 2.55. The normalized spacial score (nSPS) is 41.8. The third-order valence-corrected chi connectivity index (χ3v) is 2.77. The van der Waals surface area contributed by atoms with Crippen LogP contribution in [-0.4, -0.2) is 42.8 Å². The van der Waals surface area contributed by atoms with E-state index in [1.165, 1.54) is 0 Å². The number of carbonyl (C=O) groups excluding carboxylic acids is 1. The zero-order chi connectivity index (χ0) is 14.2. The molecule has 0 saturated heterocycles. The Bertz CT molecular complexity index is 300. The van der Waals surface area contributed by atoms with Gasteiger partial charge in [0.25, 0.3) is 0 Å². The highest BCUT2D eigenvalue weighted by atomic mass is 19.4. The molecule has 0 aromatic rings. The molecule has 18 heavy (non-hydrogen) atoms. The third-order valence-electron chi connectivity index (χ3n) is 2.77. The van der Waals surface area contributed by atoms with E-state index >= 15 is 0 Å². The lowest BCUT2D eigenvalue weighted by Gasteiger charge is -2.36. The minimum atomic E-state index is -5.36. The van der Waals surface area contributed by atoms with Gasteiger partial charge in [0.15, 0.2) is 18.5 Å². The first-order valence-corrected chi connectivity index (χ1v) is 4.87. The van der Waals surface area contributed by atoms with Gasteiger partial charge in [-0.2, -0.15) is 13.2 Å². The summed E-state index contributed by atoms with van der Waals surface area (Å²) in [6.45, 7) is 0. The van der Waals surface area contributed by atoms with E-state index in [1.54, 1.807) is 0 Å². The standard InChI is InChI=1S/C9H8F8O/c10-4-2(1-3(18)9(15,16)17)5(11)7(13)8(14)6(4)12/h2,4-8H,1H2. The van der Waals surface area contributed by atoms with Crippen LogP contribution in [0.2, 0.25) is 0 Å². The van der Waals surface area contributed by atoms with Crippen molar-refractivity contribution in [2.24, 2.45) is 5.92 Å². The molecule has 1 aliphatic carbocycles. The van der Waals surface area contributed by atoms with Crippen LogP contribution in [-0.2, 0) is 4.79 Å². The van der Waals surface area contributed by atoms with Gasteiger partial charge < -0.3 is 0 Å². The van der Waals surface area contributed by atoms with E-state index in [-0.39, 0.29) is 0 Å². The highest BCUT2D eigenvalue weighted by Crippen LogP contribution is 2.38. The average Bonchev–Trinajstić information content (AvgIpc) is 2.28. The van der Waals surface area contributed by atoms with Gasteiger partial charge in [0.05, 0.1) is 0 Å². The first kappa shape index (κ1) is 15.2. The van der Waals surface area contributed by atoms with Gasteiger partial charge in [-0.1, -0.05) is 0 Å². The third kappa shape index (κ3) is 2.74. The van der Waals surface area contributed by atoms with Gasteiger partial charge >= 0.3 is 6.18 Å². The summed E-state index contributed by atoms with van der Waals surface area (Å²) in [7, 11) is 0. The zero-order valence-electron chi connectivity index (χ0n) is 8.60. The zero-order valence-corrected chi connectivity index (χ0v) is 8.60. The van der Waals surface area contributed by atoms with Gasteiger partial charge in [0.2, 0.25) is 5.78 Å². The van der Waals surface area contributed by atoms with Crippen molar-refractivity contribution < 1.29 is 39.9 Å². The van der Waals surface area contributed by atoms with E-state index in [0.29, 0.717) is 0 Å². The summed E-state index contributed by atoms with van der Waals surface area (Å²) in [6.07, 6.45) is -22.4. The Kier molecular flexibility index (Phi) is 4.22. The molecule has 1 fully saturated rings. The summed E-state index contributed by atoms with van der Waals surface area (Å²) in [5, 5.41) is 0. The number of halogens is 8. The lowest BCUT2D eigenvalue weighted by Crippen LogP contribution is -2.54. The minimum absolute atomic E-state index is 1.75. The molecule has 0 aromatic carbocycles. The molecular formula is C9H8F8O.